The van der Waals surface area contributed by atoms with Crippen LogP contribution in [0.4, 0.5) is 5.69 Å². The van der Waals surface area contributed by atoms with E-state index in [4.69, 9.17) is 0 Å². The number of anilines is 1. The quantitative estimate of drug-likeness (QED) is 0.860. The van der Waals surface area contributed by atoms with E-state index in [1.54, 1.807) is 11.7 Å². The Morgan fingerprint density at radius 2 is 2.05 bits per heavy atom. The summed E-state index contributed by atoms with van der Waals surface area (Å²) in [5.74, 6) is -0.0724. The van der Waals surface area contributed by atoms with Crippen LogP contribution < -0.4 is 5.32 Å². The molecular formula is C12H15N5OS. The maximum Gasteiger partial charge on any atom is 0.237 e. The second-order valence-corrected chi connectivity index (χ2v) is 5.51. The zero-order valence-corrected chi connectivity index (χ0v) is 11.8. The fourth-order valence-electron chi connectivity index (χ4n) is 1.41. The highest BCUT2D eigenvalue weighted by atomic mass is 32.2. The molecule has 0 radical (unpaired) electrons. The SMILES string of the molecule is Cc1ccc(NC(=O)[C@@H](C)Sc2nnnn2C)cc1. The van der Waals surface area contributed by atoms with E-state index >= 15 is 0 Å². The number of carbonyl (C=O) groups is 1. The van der Waals surface area contributed by atoms with Crippen molar-refractivity contribution in [3.63, 3.8) is 0 Å². The largest absolute Gasteiger partial charge is 0.325 e. The average molecular weight is 277 g/mol. The lowest BCUT2D eigenvalue weighted by atomic mass is 10.2. The molecule has 2 aromatic rings. The number of hydrogen-bond acceptors (Lipinski definition) is 5. The molecule has 19 heavy (non-hydrogen) atoms. The summed E-state index contributed by atoms with van der Waals surface area (Å²) in [6.45, 7) is 3.83. The molecule has 0 aliphatic rings. The van der Waals surface area contributed by atoms with Crippen LogP contribution in [0.3, 0.4) is 0 Å². The van der Waals surface area contributed by atoms with Gasteiger partial charge in [-0.05, 0) is 36.4 Å². The van der Waals surface area contributed by atoms with Crippen LogP contribution in [-0.2, 0) is 11.8 Å². The van der Waals surface area contributed by atoms with Crippen LogP contribution in [0.2, 0.25) is 0 Å². The molecule has 100 valence electrons. The summed E-state index contributed by atoms with van der Waals surface area (Å²) < 4.78 is 1.54. The van der Waals surface area contributed by atoms with Crippen molar-refractivity contribution >= 4 is 23.4 Å². The summed E-state index contributed by atoms with van der Waals surface area (Å²) in [6.07, 6.45) is 0. The van der Waals surface area contributed by atoms with E-state index in [0.29, 0.717) is 5.16 Å². The highest BCUT2D eigenvalue weighted by molar-refractivity contribution is 8.00. The van der Waals surface area contributed by atoms with Gasteiger partial charge in [-0.25, -0.2) is 4.68 Å². The van der Waals surface area contributed by atoms with Gasteiger partial charge in [-0.15, -0.1) is 5.10 Å². The first-order valence-corrected chi connectivity index (χ1v) is 6.71. The van der Waals surface area contributed by atoms with Crippen LogP contribution in [-0.4, -0.2) is 31.4 Å². The Kier molecular flexibility index (Phi) is 4.16. The predicted octanol–water partition coefficient (Wildman–Crippen LogP) is 1.64. The minimum atomic E-state index is -0.272. The second-order valence-electron chi connectivity index (χ2n) is 4.20. The first-order chi connectivity index (χ1) is 9.06. The number of benzene rings is 1. The monoisotopic (exact) mass is 277 g/mol. The molecule has 7 heteroatoms. The number of nitrogens with zero attached hydrogens (tertiary/aromatic N) is 4. The Morgan fingerprint density at radius 1 is 1.37 bits per heavy atom. The van der Waals surface area contributed by atoms with Crippen molar-refractivity contribution in [2.24, 2.45) is 7.05 Å². The Hall–Kier alpha value is -1.89. The number of amides is 1. The number of aromatic nitrogens is 4. The molecule has 0 fully saturated rings. The number of rotatable bonds is 4. The smallest absolute Gasteiger partial charge is 0.237 e. The Balaban J connectivity index is 1.96. The van der Waals surface area contributed by atoms with Crippen molar-refractivity contribution in [1.82, 2.24) is 20.2 Å². The molecule has 0 unspecified atom stereocenters. The van der Waals surface area contributed by atoms with Gasteiger partial charge in [0.05, 0.1) is 5.25 Å². The number of aryl methyl sites for hydroxylation is 2. The molecule has 6 nitrogen and oxygen atoms in total. The van der Waals surface area contributed by atoms with Gasteiger partial charge in [-0.2, -0.15) is 0 Å². The molecule has 0 aliphatic carbocycles. The Morgan fingerprint density at radius 3 is 2.63 bits per heavy atom. The third kappa shape index (κ3) is 3.54. The van der Waals surface area contributed by atoms with Crippen LogP contribution in [0.5, 0.6) is 0 Å². The van der Waals surface area contributed by atoms with Crippen LogP contribution >= 0.6 is 11.8 Å². The average Bonchev–Trinajstić information content (AvgIpc) is 2.78. The van der Waals surface area contributed by atoms with Crippen LogP contribution in [0.15, 0.2) is 29.4 Å². The molecular weight excluding hydrogens is 262 g/mol. The van der Waals surface area contributed by atoms with Crippen molar-refractivity contribution in [1.29, 1.82) is 0 Å². The molecule has 2 rings (SSSR count). The maximum atomic E-state index is 12.0. The van der Waals surface area contributed by atoms with Gasteiger partial charge in [0.25, 0.3) is 0 Å². The van der Waals surface area contributed by atoms with E-state index in [0.717, 1.165) is 11.3 Å². The minimum absolute atomic E-state index is 0.0724. The van der Waals surface area contributed by atoms with Gasteiger partial charge in [-0.1, -0.05) is 29.5 Å². The van der Waals surface area contributed by atoms with E-state index in [1.165, 1.54) is 11.8 Å². The fraction of sp³-hybridized carbons (Fsp3) is 0.333. The first-order valence-electron chi connectivity index (χ1n) is 5.83. The number of carbonyl (C=O) groups excluding carboxylic acids is 1. The first kappa shape index (κ1) is 13.5. The third-order valence-corrected chi connectivity index (χ3v) is 3.68. The maximum absolute atomic E-state index is 12.0. The van der Waals surface area contributed by atoms with E-state index in [2.05, 4.69) is 20.8 Å². The van der Waals surface area contributed by atoms with Gasteiger partial charge in [0.1, 0.15) is 0 Å². The summed E-state index contributed by atoms with van der Waals surface area (Å²) in [7, 11) is 1.74. The molecule has 0 spiro atoms. The van der Waals surface area contributed by atoms with E-state index < -0.39 is 0 Å². The van der Waals surface area contributed by atoms with Crippen molar-refractivity contribution in [2.45, 2.75) is 24.3 Å². The second kappa shape index (κ2) is 5.83. The van der Waals surface area contributed by atoms with Crippen LogP contribution in [0, 0.1) is 6.92 Å². The lowest BCUT2D eigenvalue weighted by molar-refractivity contribution is -0.115. The summed E-state index contributed by atoms with van der Waals surface area (Å²) in [6, 6.07) is 7.68. The van der Waals surface area contributed by atoms with Gasteiger partial charge < -0.3 is 5.32 Å². The summed E-state index contributed by atoms with van der Waals surface area (Å²) in [5, 5.41) is 14.3. The van der Waals surface area contributed by atoms with E-state index in [9.17, 15) is 4.79 Å². The third-order valence-electron chi connectivity index (χ3n) is 2.55. The lowest BCUT2D eigenvalue weighted by Crippen LogP contribution is -2.22. The molecule has 1 N–H and O–H groups in total. The van der Waals surface area contributed by atoms with Gasteiger partial charge in [0.15, 0.2) is 0 Å². The Labute approximate surface area is 115 Å². The van der Waals surface area contributed by atoms with Crippen molar-refractivity contribution in [2.75, 3.05) is 5.32 Å². The molecule has 0 saturated carbocycles. The molecule has 0 saturated heterocycles. The summed E-state index contributed by atoms with van der Waals surface area (Å²) in [4.78, 5) is 12.0. The van der Waals surface area contributed by atoms with Crippen molar-refractivity contribution in [3.05, 3.63) is 29.8 Å². The highest BCUT2D eigenvalue weighted by Gasteiger charge is 2.17. The summed E-state index contributed by atoms with van der Waals surface area (Å²) in [5.41, 5.74) is 1.95. The normalized spacial score (nSPS) is 12.2. The summed E-state index contributed by atoms with van der Waals surface area (Å²) >= 11 is 1.32. The minimum Gasteiger partial charge on any atom is -0.325 e. The van der Waals surface area contributed by atoms with Crippen molar-refractivity contribution < 1.29 is 4.79 Å². The molecule has 1 aromatic heterocycles. The number of tetrazole rings is 1. The van der Waals surface area contributed by atoms with Gasteiger partial charge in [-0.3, -0.25) is 4.79 Å². The molecule has 0 bridgehead atoms. The number of nitrogens with one attached hydrogen (secondary N) is 1. The molecule has 1 heterocycles. The topological polar surface area (TPSA) is 72.7 Å². The lowest BCUT2D eigenvalue weighted by Gasteiger charge is -2.10. The standard InChI is InChI=1S/C12H15N5OS/c1-8-4-6-10(7-5-8)13-11(18)9(2)19-12-14-15-16-17(12)3/h4-7,9H,1-3H3,(H,13,18)/t9-/m1/s1. The highest BCUT2D eigenvalue weighted by Crippen LogP contribution is 2.20. The van der Waals surface area contributed by atoms with Gasteiger partial charge in [0.2, 0.25) is 11.1 Å². The molecule has 1 atom stereocenters. The predicted molar refractivity (Wildman–Crippen MR) is 73.9 cm³/mol. The molecule has 0 aliphatic heterocycles. The Bertz CT molecular complexity index is 566. The van der Waals surface area contributed by atoms with Crippen LogP contribution in [0.25, 0.3) is 0 Å². The van der Waals surface area contributed by atoms with E-state index in [-0.39, 0.29) is 11.2 Å². The fourth-order valence-corrected chi connectivity index (χ4v) is 2.17. The number of thioether (sulfide) groups is 1. The molecule has 1 aromatic carbocycles. The zero-order valence-electron chi connectivity index (χ0n) is 11.0. The zero-order chi connectivity index (χ0) is 13.8. The van der Waals surface area contributed by atoms with Gasteiger partial charge >= 0.3 is 0 Å². The molecule has 1 amide bonds. The van der Waals surface area contributed by atoms with Gasteiger partial charge in [0, 0.05) is 12.7 Å². The van der Waals surface area contributed by atoms with Crippen LogP contribution in [0.1, 0.15) is 12.5 Å². The van der Waals surface area contributed by atoms with Crippen molar-refractivity contribution in [3.8, 4) is 0 Å². The number of hydrogen-bond donors (Lipinski definition) is 1. The van der Waals surface area contributed by atoms with E-state index in [1.807, 2.05) is 38.1 Å².